The molecule has 4 heteroatoms. The first-order valence-electron chi connectivity index (χ1n) is 5.47. The topological polar surface area (TPSA) is 48.1 Å². The molecule has 0 saturated carbocycles. The highest BCUT2D eigenvalue weighted by atomic mass is 32.1. The summed E-state index contributed by atoms with van der Waals surface area (Å²) in [5.74, 6) is 0.969. The molecule has 2 N–H and O–H groups in total. The van der Waals surface area contributed by atoms with Crippen LogP contribution in [0.25, 0.3) is 0 Å². The minimum Gasteiger partial charge on any atom is -0.487 e. The van der Waals surface area contributed by atoms with Crippen LogP contribution in [-0.2, 0) is 6.61 Å². The first-order chi connectivity index (χ1) is 8.08. The number of thiazole rings is 1. The zero-order valence-corrected chi connectivity index (χ0v) is 11.1. The van der Waals surface area contributed by atoms with E-state index in [-0.39, 0.29) is 0 Å². The number of hydrogen-bond donors (Lipinski definition) is 1. The van der Waals surface area contributed by atoms with E-state index in [2.05, 4.69) is 37.9 Å². The summed E-state index contributed by atoms with van der Waals surface area (Å²) in [5.41, 5.74) is 9.18. The third-order valence-electron chi connectivity index (χ3n) is 2.80. The summed E-state index contributed by atoms with van der Waals surface area (Å²) in [4.78, 5) is 5.05. The first kappa shape index (κ1) is 11.9. The fraction of sp³-hybridized carbons (Fsp3) is 0.308. The van der Waals surface area contributed by atoms with Gasteiger partial charge in [-0.05, 0) is 37.5 Å². The number of aryl methyl sites for hydroxylation is 2. The monoisotopic (exact) mass is 248 g/mol. The van der Waals surface area contributed by atoms with Gasteiger partial charge in [0.2, 0.25) is 0 Å². The predicted octanol–water partition coefficient (Wildman–Crippen LogP) is 3.23. The fourth-order valence-electron chi connectivity index (χ4n) is 1.68. The van der Waals surface area contributed by atoms with E-state index in [9.17, 15) is 0 Å². The SMILES string of the molecule is Cc1ccc(C)c(OCc2cnc(N)s2)c1C. The Kier molecular flexibility index (Phi) is 3.33. The van der Waals surface area contributed by atoms with Gasteiger partial charge in [0.05, 0.1) is 4.88 Å². The summed E-state index contributed by atoms with van der Waals surface area (Å²) < 4.78 is 5.86. The molecule has 0 aliphatic heterocycles. The van der Waals surface area contributed by atoms with E-state index in [0.29, 0.717) is 11.7 Å². The average molecular weight is 248 g/mol. The van der Waals surface area contributed by atoms with Crippen LogP contribution in [0, 0.1) is 20.8 Å². The molecule has 0 unspecified atom stereocenters. The number of nitrogens with zero attached hydrogens (tertiary/aromatic N) is 1. The van der Waals surface area contributed by atoms with Crippen molar-refractivity contribution in [2.45, 2.75) is 27.4 Å². The van der Waals surface area contributed by atoms with Crippen molar-refractivity contribution in [3.05, 3.63) is 39.9 Å². The predicted molar refractivity (Wildman–Crippen MR) is 71.5 cm³/mol. The number of hydrogen-bond acceptors (Lipinski definition) is 4. The molecular formula is C13H16N2OS. The van der Waals surface area contributed by atoms with E-state index in [1.165, 1.54) is 22.5 Å². The van der Waals surface area contributed by atoms with Crippen molar-refractivity contribution in [2.75, 3.05) is 5.73 Å². The van der Waals surface area contributed by atoms with Gasteiger partial charge in [-0.25, -0.2) is 4.98 Å². The molecule has 90 valence electrons. The lowest BCUT2D eigenvalue weighted by atomic mass is 10.1. The molecule has 2 aromatic rings. The second-order valence-corrected chi connectivity index (χ2v) is 5.25. The number of nitrogens with two attached hydrogens (primary N) is 1. The highest BCUT2D eigenvalue weighted by molar-refractivity contribution is 7.15. The van der Waals surface area contributed by atoms with Gasteiger partial charge in [0.1, 0.15) is 12.4 Å². The van der Waals surface area contributed by atoms with Gasteiger partial charge in [0.15, 0.2) is 5.13 Å². The largest absolute Gasteiger partial charge is 0.487 e. The third kappa shape index (κ3) is 2.58. The van der Waals surface area contributed by atoms with Crippen molar-refractivity contribution in [3.63, 3.8) is 0 Å². The van der Waals surface area contributed by atoms with Crippen LogP contribution in [0.1, 0.15) is 21.6 Å². The van der Waals surface area contributed by atoms with Gasteiger partial charge in [0, 0.05) is 6.20 Å². The standard InChI is InChI=1S/C13H16N2OS/c1-8-4-5-9(2)12(10(8)3)16-7-11-6-15-13(14)17-11/h4-6H,7H2,1-3H3,(H2,14,15). The van der Waals surface area contributed by atoms with Crippen LogP contribution in [0.4, 0.5) is 5.13 Å². The van der Waals surface area contributed by atoms with Crippen molar-refractivity contribution >= 4 is 16.5 Å². The van der Waals surface area contributed by atoms with Crippen LogP contribution in [0.15, 0.2) is 18.3 Å². The second-order valence-electron chi connectivity index (χ2n) is 4.11. The maximum atomic E-state index is 5.86. The number of ether oxygens (including phenoxy) is 1. The highest BCUT2D eigenvalue weighted by Gasteiger charge is 2.07. The zero-order chi connectivity index (χ0) is 12.4. The maximum absolute atomic E-state index is 5.86. The number of aromatic nitrogens is 1. The molecule has 0 aliphatic rings. The molecule has 0 atom stereocenters. The molecule has 0 saturated heterocycles. The van der Waals surface area contributed by atoms with E-state index < -0.39 is 0 Å². The summed E-state index contributed by atoms with van der Waals surface area (Å²) in [6.07, 6.45) is 1.76. The van der Waals surface area contributed by atoms with Crippen LogP contribution >= 0.6 is 11.3 Å². The van der Waals surface area contributed by atoms with Crippen molar-refractivity contribution < 1.29 is 4.74 Å². The molecule has 0 fully saturated rings. The average Bonchev–Trinajstić information content (AvgIpc) is 2.70. The van der Waals surface area contributed by atoms with Crippen LogP contribution in [-0.4, -0.2) is 4.98 Å². The number of anilines is 1. The van der Waals surface area contributed by atoms with Crippen molar-refractivity contribution in [1.82, 2.24) is 4.98 Å². The Morgan fingerprint density at radius 1 is 1.24 bits per heavy atom. The van der Waals surface area contributed by atoms with Gasteiger partial charge in [0.25, 0.3) is 0 Å². The van der Waals surface area contributed by atoms with Gasteiger partial charge < -0.3 is 10.5 Å². The van der Waals surface area contributed by atoms with Gasteiger partial charge in [-0.2, -0.15) is 0 Å². The molecule has 0 aliphatic carbocycles. The lowest BCUT2D eigenvalue weighted by Crippen LogP contribution is -1.98. The molecule has 0 spiro atoms. The molecule has 2 rings (SSSR count). The number of benzene rings is 1. The molecule has 1 aromatic carbocycles. The fourth-order valence-corrected chi connectivity index (χ4v) is 2.28. The molecule has 1 heterocycles. The summed E-state index contributed by atoms with van der Waals surface area (Å²) >= 11 is 1.46. The summed E-state index contributed by atoms with van der Waals surface area (Å²) in [6.45, 7) is 6.76. The Morgan fingerprint density at radius 3 is 2.59 bits per heavy atom. The first-order valence-corrected chi connectivity index (χ1v) is 6.29. The van der Waals surface area contributed by atoms with E-state index in [4.69, 9.17) is 10.5 Å². The summed E-state index contributed by atoms with van der Waals surface area (Å²) in [7, 11) is 0. The summed E-state index contributed by atoms with van der Waals surface area (Å²) in [6, 6.07) is 4.20. The van der Waals surface area contributed by atoms with Gasteiger partial charge in [-0.1, -0.05) is 23.5 Å². The molecule has 0 bridgehead atoms. The van der Waals surface area contributed by atoms with Crippen LogP contribution in [0.3, 0.4) is 0 Å². The maximum Gasteiger partial charge on any atom is 0.180 e. The van der Waals surface area contributed by atoms with Crippen molar-refractivity contribution in [3.8, 4) is 5.75 Å². The van der Waals surface area contributed by atoms with Crippen molar-refractivity contribution in [2.24, 2.45) is 0 Å². The molecule has 17 heavy (non-hydrogen) atoms. The highest BCUT2D eigenvalue weighted by Crippen LogP contribution is 2.27. The van der Waals surface area contributed by atoms with Crippen LogP contribution < -0.4 is 10.5 Å². The quantitative estimate of drug-likeness (QED) is 0.907. The molecular weight excluding hydrogens is 232 g/mol. The Labute approximate surface area is 105 Å². The number of rotatable bonds is 3. The molecule has 3 nitrogen and oxygen atoms in total. The van der Waals surface area contributed by atoms with Crippen molar-refractivity contribution in [1.29, 1.82) is 0 Å². The minimum atomic E-state index is 0.528. The van der Waals surface area contributed by atoms with E-state index in [1.807, 2.05) is 0 Å². The Bertz CT molecular complexity index is 534. The minimum absolute atomic E-state index is 0.528. The molecule has 1 aromatic heterocycles. The van der Waals surface area contributed by atoms with Crippen LogP contribution in [0.5, 0.6) is 5.75 Å². The third-order valence-corrected chi connectivity index (χ3v) is 3.60. The van der Waals surface area contributed by atoms with Gasteiger partial charge in [-0.3, -0.25) is 0 Å². The lowest BCUT2D eigenvalue weighted by molar-refractivity contribution is 0.305. The van der Waals surface area contributed by atoms with Crippen LogP contribution in [0.2, 0.25) is 0 Å². The lowest BCUT2D eigenvalue weighted by Gasteiger charge is -2.13. The Hall–Kier alpha value is -1.55. The van der Waals surface area contributed by atoms with Gasteiger partial charge in [-0.15, -0.1) is 0 Å². The Balaban J connectivity index is 2.16. The smallest absolute Gasteiger partial charge is 0.180 e. The summed E-state index contributed by atoms with van der Waals surface area (Å²) in [5, 5.41) is 0.585. The van der Waals surface area contributed by atoms with Gasteiger partial charge >= 0.3 is 0 Å². The zero-order valence-electron chi connectivity index (χ0n) is 10.3. The normalized spacial score (nSPS) is 10.5. The number of nitrogen functional groups attached to an aromatic ring is 1. The van der Waals surface area contributed by atoms with E-state index >= 15 is 0 Å². The Morgan fingerprint density at radius 2 is 1.94 bits per heavy atom. The molecule has 0 radical (unpaired) electrons. The molecule has 0 amide bonds. The van der Waals surface area contributed by atoms with E-state index in [1.54, 1.807) is 6.20 Å². The second kappa shape index (κ2) is 4.75. The van der Waals surface area contributed by atoms with E-state index in [0.717, 1.165) is 16.2 Å².